The van der Waals surface area contributed by atoms with E-state index >= 15 is 0 Å². The number of hydrogen-bond donors (Lipinski definition) is 2. The van der Waals surface area contributed by atoms with E-state index in [1.165, 1.54) is 5.56 Å². The van der Waals surface area contributed by atoms with Gasteiger partial charge in [-0.05, 0) is 6.07 Å². The number of nitrogens with zero attached hydrogens (tertiary/aromatic N) is 1. The van der Waals surface area contributed by atoms with Crippen molar-refractivity contribution < 1.29 is 4.74 Å². The monoisotopic (exact) mass is 235 g/mol. The number of rotatable bonds is 6. The molecule has 0 radical (unpaired) electrons. The molecule has 94 valence electrons. The molecular weight excluding hydrogens is 214 g/mol. The molecule has 0 aromatic heterocycles. The third-order valence-electron chi connectivity index (χ3n) is 3.17. The van der Waals surface area contributed by atoms with E-state index in [-0.39, 0.29) is 0 Å². The van der Waals surface area contributed by atoms with Gasteiger partial charge in [-0.25, -0.2) is 0 Å². The zero-order chi connectivity index (χ0) is 12.1. The predicted molar refractivity (Wildman–Crippen MR) is 69.2 cm³/mol. The average Bonchev–Trinajstić information content (AvgIpc) is 2.74. The first kappa shape index (κ1) is 12.4. The summed E-state index contributed by atoms with van der Waals surface area (Å²) in [5, 5.41) is 0. The maximum atomic E-state index is 5.68. The molecule has 0 saturated carbocycles. The predicted octanol–water partition coefficient (Wildman–Crippen LogP) is 0.382. The minimum absolute atomic E-state index is 0.448. The van der Waals surface area contributed by atoms with Gasteiger partial charge in [-0.15, -0.1) is 0 Å². The van der Waals surface area contributed by atoms with Crippen LogP contribution in [0.25, 0.3) is 0 Å². The normalized spacial score (nSPS) is 18.2. The van der Waals surface area contributed by atoms with Crippen molar-refractivity contribution in [2.24, 2.45) is 11.5 Å². The van der Waals surface area contributed by atoms with Gasteiger partial charge < -0.3 is 21.1 Å². The van der Waals surface area contributed by atoms with Gasteiger partial charge in [0.15, 0.2) is 0 Å². The van der Waals surface area contributed by atoms with Gasteiger partial charge in [-0.2, -0.15) is 0 Å². The summed E-state index contributed by atoms with van der Waals surface area (Å²) in [7, 11) is 0. The van der Waals surface area contributed by atoms with E-state index in [2.05, 4.69) is 17.0 Å². The standard InChI is InChI=1S/C13H21N3O/c14-5-7-16(8-6-15)9-11-10-17-13-4-2-1-3-12(11)13/h1-4,11H,5-10,14-15H2. The number of ether oxygens (including phenoxy) is 1. The fourth-order valence-electron chi connectivity index (χ4n) is 2.35. The second-order valence-electron chi connectivity index (χ2n) is 4.42. The summed E-state index contributed by atoms with van der Waals surface area (Å²) >= 11 is 0. The van der Waals surface area contributed by atoms with Crippen LogP contribution in [0.15, 0.2) is 24.3 Å². The van der Waals surface area contributed by atoms with E-state index in [0.29, 0.717) is 19.0 Å². The molecule has 0 amide bonds. The van der Waals surface area contributed by atoms with E-state index in [0.717, 1.165) is 32.0 Å². The maximum absolute atomic E-state index is 5.68. The Hall–Kier alpha value is -1.10. The van der Waals surface area contributed by atoms with Crippen LogP contribution in [-0.2, 0) is 0 Å². The van der Waals surface area contributed by atoms with Crippen molar-refractivity contribution in [1.29, 1.82) is 0 Å². The third-order valence-corrected chi connectivity index (χ3v) is 3.17. The third kappa shape index (κ3) is 2.97. The first-order chi connectivity index (χ1) is 8.35. The molecule has 0 spiro atoms. The Morgan fingerprint density at radius 1 is 1.18 bits per heavy atom. The quantitative estimate of drug-likeness (QED) is 0.748. The Balaban J connectivity index is 1.99. The summed E-state index contributed by atoms with van der Waals surface area (Å²) in [6.45, 7) is 4.90. The molecule has 0 fully saturated rings. The second-order valence-corrected chi connectivity index (χ2v) is 4.42. The van der Waals surface area contributed by atoms with Crippen molar-refractivity contribution in [3.8, 4) is 5.75 Å². The summed E-state index contributed by atoms with van der Waals surface area (Å²) in [5.74, 6) is 1.47. The topological polar surface area (TPSA) is 64.5 Å². The van der Waals surface area contributed by atoms with Crippen molar-refractivity contribution in [3.05, 3.63) is 29.8 Å². The van der Waals surface area contributed by atoms with Crippen LogP contribution in [0.5, 0.6) is 5.75 Å². The first-order valence-electron chi connectivity index (χ1n) is 6.19. The summed E-state index contributed by atoms with van der Waals surface area (Å²) in [5.41, 5.74) is 12.5. The molecule has 1 heterocycles. The highest BCUT2D eigenvalue weighted by Crippen LogP contribution is 2.33. The van der Waals surface area contributed by atoms with E-state index < -0.39 is 0 Å². The molecule has 1 aliphatic heterocycles. The Morgan fingerprint density at radius 2 is 1.88 bits per heavy atom. The van der Waals surface area contributed by atoms with Crippen LogP contribution in [-0.4, -0.2) is 44.2 Å². The van der Waals surface area contributed by atoms with E-state index in [9.17, 15) is 0 Å². The largest absolute Gasteiger partial charge is 0.493 e. The van der Waals surface area contributed by atoms with Crippen LogP contribution in [0.2, 0.25) is 0 Å². The molecule has 0 aliphatic carbocycles. The molecule has 4 heteroatoms. The number of fused-ring (bicyclic) bond motifs is 1. The zero-order valence-electron chi connectivity index (χ0n) is 10.1. The summed E-state index contributed by atoms with van der Waals surface area (Å²) in [6.07, 6.45) is 0. The van der Waals surface area contributed by atoms with Crippen molar-refractivity contribution in [1.82, 2.24) is 4.90 Å². The molecule has 4 nitrogen and oxygen atoms in total. The molecule has 4 N–H and O–H groups in total. The Kier molecular flexibility index (Phi) is 4.36. The Bertz CT molecular complexity index is 350. The number of hydrogen-bond acceptors (Lipinski definition) is 4. The Morgan fingerprint density at radius 3 is 2.59 bits per heavy atom. The minimum Gasteiger partial charge on any atom is -0.493 e. The molecule has 1 aromatic rings. The Labute approximate surface area is 103 Å². The molecule has 0 bridgehead atoms. The average molecular weight is 235 g/mol. The van der Waals surface area contributed by atoms with Gasteiger partial charge in [0, 0.05) is 44.2 Å². The molecule has 17 heavy (non-hydrogen) atoms. The summed E-state index contributed by atoms with van der Waals surface area (Å²) in [4.78, 5) is 2.32. The molecule has 1 aliphatic rings. The SMILES string of the molecule is NCCN(CCN)CC1COc2ccccc21. The van der Waals surface area contributed by atoms with Gasteiger partial charge in [0.25, 0.3) is 0 Å². The van der Waals surface area contributed by atoms with Crippen LogP contribution in [0.3, 0.4) is 0 Å². The van der Waals surface area contributed by atoms with Gasteiger partial charge in [0.05, 0.1) is 6.61 Å². The zero-order valence-corrected chi connectivity index (χ0v) is 10.1. The van der Waals surface area contributed by atoms with Crippen LogP contribution in [0.4, 0.5) is 0 Å². The van der Waals surface area contributed by atoms with Gasteiger partial charge in [0.1, 0.15) is 5.75 Å². The molecular formula is C13H21N3O. The van der Waals surface area contributed by atoms with Crippen molar-refractivity contribution in [2.75, 3.05) is 39.3 Å². The molecule has 1 atom stereocenters. The lowest BCUT2D eigenvalue weighted by atomic mass is 10.0. The lowest BCUT2D eigenvalue weighted by Crippen LogP contribution is -2.37. The number of para-hydroxylation sites is 1. The van der Waals surface area contributed by atoms with Gasteiger partial charge in [-0.3, -0.25) is 0 Å². The fourth-order valence-corrected chi connectivity index (χ4v) is 2.35. The number of nitrogens with two attached hydrogens (primary N) is 2. The van der Waals surface area contributed by atoms with Crippen LogP contribution >= 0.6 is 0 Å². The first-order valence-corrected chi connectivity index (χ1v) is 6.19. The lowest BCUT2D eigenvalue weighted by molar-refractivity contribution is 0.242. The van der Waals surface area contributed by atoms with Crippen molar-refractivity contribution in [3.63, 3.8) is 0 Å². The summed E-state index contributed by atoms with van der Waals surface area (Å²) < 4.78 is 5.68. The van der Waals surface area contributed by atoms with Crippen LogP contribution in [0, 0.1) is 0 Å². The number of benzene rings is 1. The highest BCUT2D eigenvalue weighted by atomic mass is 16.5. The van der Waals surface area contributed by atoms with Gasteiger partial charge in [-0.1, -0.05) is 18.2 Å². The highest BCUT2D eigenvalue weighted by molar-refractivity contribution is 5.39. The van der Waals surface area contributed by atoms with E-state index in [4.69, 9.17) is 16.2 Å². The van der Waals surface area contributed by atoms with Crippen molar-refractivity contribution in [2.45, 2.75) is 5.92 Å². The maximum Gasteiger partial charge on any atom is 0.122 e. The molecule has 1 unspecified atom stereocenters. The minimum atomic E-state index is 0.448. The van der Waals surface area contributed by atoms with Gasteiger partial charge >= 0.3 is 0 Å². The second kappa shape index (κ2) is 6.00. The fraction of sp³-hybridized carbons (Fsp3) is 0.538. The smallest absolute Gasteiger partial charge is 0.122 e. The van der Waals surface area contributed by atoms with Crippen LogP contribution in [0.1, 0.15) is 11.5 Å². The lowest BCUT2D eigenvalue weighted by Gasteiger charge is -2.23. The van der Waals surface area contributed by atoms with Gasteiger partial charge in [0.2, 0.25) is 0 Å². The van der Waals surface area contributed by atoms with Crippen molar-refractivity contribution >= 4 is 0 Å². The molecule has 0 saturated heterocycles. The molecule has 1 aromatic carbocycles. The molecule has 2 rings (SSSR count). The highest BCUT2D eigenvalue weighted by Gasteiger charge is 2.25. The van der Waals surface area contributed by atoms with E-state index in [1.54, 1.807) is 0 Å². The van der Waals surface area contributed by atoms with Crippen LogP contribution < -0.4 is 16.2 Å². The van der Waals surface area contributed by atoms with E-state index in [1.807, 2.05) is 12.1 Å². The summed E-state index contributed by atoms with van der Waals surface area (Å²) in [6, 6.07) is 8.26.